The molecule has 1 saturated carbocycles. The lowest BCUT2D eigenvalue weighted by atomic mass is 9.88. The molecule has 39 heavy (non-hydrogen) atoms. The highest BCUT2D eigenvalue weighted by molar-refractivity contribution is 9.10. The molecule has 0 amide bonds. The third kappa shape index (κ3) is 5.01. The van der Waals surface area contributed by atoms with Crippen molar-refractivity contribution in [2.24, 2.45) is 0 Å². The Bertz CT molecular complexity index is 1530. The highest BCUT2D eigenvalue weighted by Crippen LogP contribution is 2.41. The summed E-state index contributed by atoms with van der Waals surface area (Å²) < 4.78 is 17.9. The quantitative estimate of drug-likeness (QED) is 0.185. The SMILES string of the molecule is CCCCC(CCC)c1cc2c(cc1OCC1CCCO1)n1c3cccc(Br)c3c(=O)nc1n2C1CCCC1. The second kappa shape index (κ2) is 11.6. The van der Waals surface area contributed by atoms with Crippen molar-refractivity contribution in [3.8, 4) is 5.75 Å². The van der Waals surface area contributed by atoms with Gasteiger partial charge in [0.15, 0.2) is 0 Å². The van der Waals surface area contributed by atoms with E-state index in [1.807, 2.05) is 18.2 Å². The van der Waals surface area contributed by atoms with Crippen molar-refractivity contribution < 1.29 is 9.47 Å². The Morgan fingerprint density at radius 2 is 1.90 bits per heavy atom. The van der Waals surface area contributed by atoms with Gasteiger partial charge in [-0.2, -0.15) is 4.98 Å². The zero-order valence-corrected chi connectivity index (χ0v) is 24.8. The largest absolute Gasteiger partial charge is 0.491 e. The normalized spacial score (nSPS) is 19.1. The fourth-order valence-corrected chi connectivity index (χ4v) is 7.37. The lowest BCUT2D eigenvalue weighted by molar-refractivity contribution is 0.0675. The van der Waals surface area contributed by atoms with Gasteiger partial charge >= 0.3 is 0 Å². The van der Waals surface area contributed by atoms with E-state index in [4.69, 9.17) is 14.5 Å². The van der Waals surface area contributed by atoms with Crippen molar-refractivity contribution in [1.82, 2.24) is 14.0 Å². The zero-order chi connectivity index (χ0) is 26.9. The first-order chi connectivity index (χ1) is 19.1. The van der Waals surface area contributed by atoms with Crippen molar-refractivity contribution in [3.63, 3.8) is 0 Å². The maximum absolute atomic E-state index is 13.3. The van der Waals surface area contributed by atoms with Gasteiger partial charge < -0.3 is 14.0 Å². The van der Waals surface area contributed by atoms with E-state index in [9.17, 15) is 4.79 Å². The molecule has 2 aromatic carbocycles. The first-order valence-electron chi connectivity index (χ1n) is 15.0. The molecule has 2 aromatic heterocycles. The van der Waals surface area contributed by atoms with Crippen LogP contribution in [0, 0.1) is 0 Å². The fraction of sp³-hybridized carbons (Fsp3) is 0.562. The maximum Gasteiger partial charge on any atom is 0.283 e. The summed E-state index contributed by atoms with van der Waals surface area (Å²) in [4.78, 5) is 18.1. The van der Waals surface area contributed by atoms with Gasteiger partial charge in [0.2, 0.25) is 5.78 Å². The van der Waals surface area contributed by atoms with E-state index in [1.165, 1.54) is 36.8 Å². The van der Waals surface area contributed by atoms with Crippen LogP contribution in [0.25, 0.3) is 27.7 Å². The fourth-order valence-electron chi connectivity index (χ4n) is 6.85. The number of benzene rings is 2. The summed E-state index contributed by atoms with van der Waals surface area (Å²) in [6.45, 7) is 5.94. The van der Waals surface area contributed by atoms with E-state index in [2.05, 4.69) is 50.9 Å². The Balaban J connectivity index is 1.63. The molecule has 4 aromatic rings. The van der Waals surface area contributed by atoms with E-state index >= 15 is 0 Å². The number of unbranched alkanes of at least 4 members (excludes halogenated alkanes) is 1. The lowest BCUT2D eigenvalue weighted by Crippen LogP contribution is -2.17. The average Bonchev–Trinajstić information content (AvgIpc) is 3.70. The van der Waals surface area contributed by atoms with Crippen LogP contribution in [0.4, 0.5) is 0 Å². The number of rotatable bonds is 10. The molecule has 208 valence electrons. The van der Waals surface area contributed by atoms with Gasteiger partial charge in [0.1, 0.15) is 12.4 Å². The van der Waals surface area contributed by atoms with Crippen LogP contribution >= 0.6 is 15.9 Å². The summed E-state index contributed by atoms with van der Waals surface area (Å²) in [7, 11) is 0. The highest BCUT2D eigenvalue weighted by Gasteiger charge is 2.28. The lowest BCUT2D eigenvalue weighted by Gasteiger charge is -2.22. The molecule has 2 atom stereocenters. The number of nitrogens with zero attached hydrogens (tertiary/aromatic N) is 3. The molecule has 3 heterocycles. The molecule has 1 aliphatic carbocycles. The van der Waals surface area contributed by atoms with Crippen LogP contribution in [0.3, 0.4) is 0 Å². The molecular formula is C32H40BrN3O3. The molecular weight excluding hydrogens is 554 g/mol. The summed E-state index contributed by atoms with van der Waals surface area (Å²) in [5.41, 5.74) is 4.23. The molecule has 0 bridgehead atoms. The van der Waals surface area contributed by atoms with E-state index in [0.29, 0.717) is 24.0 Å². The molecule has 2 unspecified atom stereocenters. The van der Waals surface area contributed by atoms with Gasteiger partial charge in [-0.05, 0) is 84.1 Å². The van der Waals surface area contributed by atoms with Crippen LogP contribution in [0.5, 0.6) is 5.75 Å². The second-order valence-electron chi connectivity index (χ2n) is 11.4. The number of ether oxygens (including phenoxy) is 2. The van der Waals surface area contributed by atoms with E-state index < -0.39 is 0 Å². The number of hydrogen-bond donors (Lipinski definition) is 0. The van der Waals surface area contributed by atoms with Crippen LogP contribution < -0.4 is 10.3 Å². The maximum atomic E-state index is 13.3. The smallest absolute Gasteiger partial charge is 0.283 e. The Kier molecular flexibility index (Phi) is 7.99. The summed E-state index contributed by atoms with van der Waals surface area (Å²) in [5, 5.41) is 0.623. The summed E-state index contributed by atoms with van der Waals surface area (Å²) >= 11 is 3.62. The number of imidazole rings is 1. The topological polar surface area (TPSA) is 57.8 Å². The molecule has 0 radical (unpaired) electrons. The Hall–Kier alpha value is -2.38. The minimum Gasteiger partial charge on any atom is -0.491 e. The van der Waals surface area contributed by atoms with Crippen molar-refractivity contribution >= 4 is 43.6 Å². The predicted octanol–water partition coefficient (Wildman–Crippen LogP) is 8.31. The Morgan fingerprint density at radius 1 is 1.05 bits per heavy atom. The van der Waals surface area contributed by atoms with Gasteiger partial charge in [-0.3, -0.25) is 9.20 Å². The molecule has 7 heteroatoms. The number of aromatic nitrogens is 3. The van der Waals surface area contributed by atoms with Gasteiger partial charge in [0, 0.05) is 23.2 Å². The summed E-state index contributed by atoms with van der Waals surface area (Å²) in [6, 6.07) is 10.9. The standard InChI is InChI=1S/C32H40BrN3O3/c1-3-5-11-21(10-4-2)24-18-27-28(19-29(24)39-20-23-14-9-17-38-23)36-26-16-8-15-25(33)30(26)31(37)34-32(36)35(27)22-12-6-7-13-22/h8,15-16,18-19,21-23H,3-7,9-14,17,20H2,1-2H3. The molecule has 6 nitrogen and oxygen atoms in total. The van der Waals surface area contributed by atoms with Crippen LogP contribution in [-0.4, -0.2) is 33.3 Å². The first kappa shape index (κ1) is 26.8. The third-order valence-electron chi connectivity index (χ3n) is 8.79. The van der Waals surface area contributed by atoms with Crippen molar-refractivity contribution in [2.75, 3.05) is 13.2 Å². The second-order valence-corrected chi connectivity index (χ2v) is 12.3. The summed E-state index contributed by atoms with van der Waals surface area (Å²) in [5.74, 6) is 2.14. The minimum absolute atomic E-state index is 0.155. The van der Waals surface area contributed by atoms with Crippen LogP contribution in [-0.2, 0) is 4.74 Å². The van der Waals surface area contributed by atoms with E-state index in [1.54, 1.807) is 0 Å². The predicted molar refractivity (Wildman–Crippen MR) is 161 cm³/mol. The first-order valence-corrected chi connectivity index (χ1v) is 15.8. The van der Waals surface area contributed by atoms with Crippen molar-refractivity contribution in [1.29, 1.82) is 0 Å². The minimum atomic E-state index is -0.179. The Labute approximate surface area is 238 Å². The molecule has 0 spiro atoms. The van der Waals surface area contributed by atoms with Crippen LogP contribution in [0.2, 0.25) is 0 Å². The average molecular weight is 595 g/mol. The van der Waals surface area contributed by atoms with Crippen LogP contribution in [0.1, 0.15) is 102 Å². The Morgan fingerprint density at radius 3 is 2.64 bits per heavy atom. The molecule has 6 rings (SSSR count). The van der Waals surface area contributed by atoms with Crippen LogP contribution in [0.15, 0.2) is 39.6 Å². The summed E-state index contributed by atoms with van der Waals surface area (Å²) in [6.07, 6.45) is 12.8. The monoisotopic (exact) mass is 593 g/mol. The molecule has 1 saturated heterocycles. The number of halogens is 1. The third-order valence-corrected chi connectivity index (χ3v) is 9.45. The number of hydrogen-bond acceptors (Lipinski definition) is 4. The van der Waals surface area contributed by atoms with E-state index in [-0.39, 0.29) is 11.7 Å². The molecule has 2 aliphatic rings. The molecule has 0 N–H and O–H groups in total. The van der Waals surface area contributed by atoms with Gasteiger partial charge in [-0.25, -0.2) is 0 Å². The van der Waals surface area contributed by atoms with E-state index in [0.717, 1.165) is 78.6 Å². The van der Waals surface area contributed by atoms with Gasteiger partial charge in [0.25, 0.3) is 5.56 Å². The number of fused-ring (bicyclic) bond motifs is 5. The van der Waals surface area contributed by atoms with Gasteiger partial charge in [0.05, 0.1) is 28.0 Å². The van der Waals surface area contributed by atoms with Crippen molar-refractivity contribution in [3.05, 3.63) is 50.7 Å². The van der Waals surface area contributed by atoms with Gasteiger partial charge in [-0.1, -0.05) is 52.0 Å². The van der Waals surface area contributed by atoms with Gasteiger partial charge in [-0.15, -0.1) is 0 Å². The highest BCUT2D eigenvalue weighted by atomic mass is 79.9. The molecule has 1 aliphatic heterocycles. The molecule has 2 fully saturated rings. The zero-order valence-electron chi connectivity index (χ0n) is 23.3. The van der Waals surface area contributed by atoms with Crippen molar-refractivity contribution in [2.45, 2.75) is 103 Å².